The van der Waals surface area contributed by atoms with Gasteiger partial charge in [0.05, 0.1) is 6.54 Å². The lowest BCUT2D eigenvalue weighted by atomic mass is 10.1. The first-order valence-electron chi connectivity index (χ1n) is 8.92. The van der Waals surface area contributed by atoms with Crippen LogP contribution in [0.4, 0.5) is 5.69 Å². The molecule has 0 radical (unpaired) electrons. The molecule has 5 heteroatoms. The fourth-order valence-corrected chi connectivity index (χ4v) is 2.41. The maximum absolute atomic E-state index is 12.2. The van der Waals surface area contributed by atoms with E-state index in [1.165, 1.54) is 0 Å². The minimum Gasteiger partial charge on any atom is -0.376 e. The third-order valence-electron chi connectivity index (χ3n) is 4.27. The Morgan fingerprint density at radius 1 is 1.04 bits per heavy atom. The SMILES string of the molecule is CCC(C)NC(=O)c1ccc(NCC(=O)N(C)Cc2ccccc2)cc1. The summed E-state index contributed by atoms with van der Waals surface area (Å²) < 4.78 is 0. The first-order valence-corrected chi connectivity index (χ1v) is 8.92. The number of benzene rings is 2. The van der Waals surface area contributed by atoms with Crippen LogP contribution in [0.2, 0.25) is 0 Å². The Morgan fingerprint density at radius 3 is 2.31 bits per heavy atom. The molecule has 0 saturated heterocycles. The number of rotatable bonds is 8. The normalized spacial score (nSPS) is 11.5. The number of carbonyl (C=O) groups is 2. The lowest BCUT2D eigenvalue weighted by Crippen LogP contribution is -2.32. The highest BCUT2D eigenvalue weighted by atomic mass is 16.2. The van der Waals surface area contributed by atoms with E-state index in [4.69, 9.17) is 0 Å². The molecule has 26 heavy (non-hydrogen) atoms. The fraction of sp³-hybridized carbons (Fsp3) is 0.333. The van der Waals surface area contributed by atoms with Gasteiger partial charge in [-0.25, -0.2) is 0 Å². The Kier molecular flexibility index (Phi) is 7.21. The number of hydrogen-bond donors (Lipinski definition) is 2. The van der Waals surface area contributed by atoms with E-state index in [1.54, 1.807) is 24.1 Å². The van der Waals surface area contributed by atoms with Crippen molar-refractivity contribution in [1.29, 1.82) is 0 Å². The van der Waals surface area contributed by atoms with E-state index >= 15 is 0 Å². The van der Waals surface area contributed by atoms with Crippen LogP contribution in [0.25, 0.3) is 0 Å². The van der Waals surface area contributed by atoms with Gasteiger partial charge in [-0.15, -0.1) is 0 Å². The number of carbonyl (C=O) groups excluding carboxylic acids is 2. The quantitative estimate of drug-likeness (QED) is 0.765. The van der Waals surface area contributed by atoms with Crippen LogP contribution in [-0.4, -0.2) is 36.3 Å². The Bertz CT molecular complexity index is 714. The summed E-state index contributed by atoms with van der Waals surface area (Å²) in [5, 5.41) is 6.04. The Balaban J connectivity index is 1.83. The number of likely N-dealkylation sites (N-methyl/N-ethyl adjacent to an activating group) is 1. The molecule has 0 aliphatic heterocycles. The van der Waals surface area contributed by atoms with Crippen LogP contribution in [0.5, 0.6) is 0 Å². The van der Waals surface area contributed by atoms with Crippen LogP contribution in [0.3, 0.4) is 0 Å². The maximum Gasteiger partial charge on any atom is 0.251 e. The summed E-state index contributed by atoms with van der Waals surface area (Å²) in [5.41, 5.74) is 2.52. The second-order valence-electron chi connectivity index (χ2n) is 6.45. The van der Waals surface area contributed by atoms with Crippen molar-refractivity contribution in [2.45, 2.75) is 32.9 Å². The van der Waals surface area contributed by atoms with E-state index < -0.39 is 0 Å². The maximum atomic E-state index is 12.2. The molecular weight excluding hydrogens is 326 g/mol. The molecule has 0 aromatic heterocycles. The number of nitrogens with zero attached hydrogens (tertiary/aromatic N) is 1. The van der Waals surface area contributed by atoms with Crippen LogP contribution >= 0.6 is 0 Å². The molecule has 0 aliphatic carbocycles. The predicted molar refractivity (Wildman–Crippen MR) is 105 cm³/mol. The van der Waals surface area contributed by atoms with Crippen molar-refractivity contribution in [2.24, 2.45) is 0 Å². The Morgan fingerprint density at radius 2 is 1.69 bits per heavy atom. The highest BCUT2D eigenvalue weighted by molar-refractivity contribution is 5.94. The zero-order valence-electron chi connectivity index (χ0n) is 15.7. The molecule has 138 valence electrons. The molecule has 0 heterocycles. The molecule has 2 aromatic rings. The molecule has 0 saturated carbocycles. The van der Waals surface area contributed by atoms with Gasteiger partial charge < -0.3 is 15.5 Å². The molecule has 2 aromatic carbocycles. The molecule has 2 rings (SSSR count). The molecule has 0 bridgehead atoms. The monoisotopic (exact) mass is 353 g/mol. The fourth-order valence-electron chi connectivity index (χ4n) is 2.41. The van der Waals surface area contributed by atoms with Crippen LogP contribution in [0.15, 0.2) is 54.6 Å². The molecule has 1 atom stereocenters. The molecule has 0 aliphatic rings. The molecule has 1 unspecified atom stereocenters. The van der Waals surface area contributed by atoms with Gasteiger partial charge >= 0.3 is 0 Å². The lowest BCUT2D eigenvalue weighted by Gasteiger charge is -2.18. The van der Waals surface area contributed by atoms with Crippen molar-refractivity contribution in [3.8, 4) is 0 Å². The van der Waals surface area contributed by atoms with Gasteiger partial charge in [0.2, 0.25) is 5.91 Å². The summed E-state index contributed by atoms with van der Waals surface area (Å²) in [5.74, 6) is -0.0722. The largest absolute Gasteiger partial charge is 0.376 e. The third-order valence-corrected chi connectivity index (χ3v) is 4.27. The second-order valence-corrected chi connectivity index (χ2v) is 6.45. The summed E-state index contributed by atoms with van der Waals surface area (Å²) in [7, 11) is 1.79. The highest BCUT2D eigenvalue weighted by Crippen LogP contribution is 2.10. The van der Waals surface area contributed by atoms with Gasteiger partial charge in [0.1, 0.15) is 0 Å². The molecule has 5 nitrogen and oxygen atoms in total. The topological polar surface area (TPSA) is 61.4 Å². The van der Waals surface area contributed by atoms with Crippen LogP contribution < -0.4 is 10.6 Å². The van der Waals surface area contributed by atoms with Crippen LogP contribution in [-0.2, 0) is 11.3 Å². The Hall–Kier alpha value is -2.82. The Labute approximate surface area is 155 Å². The minimum absolute atomic E-state index is 0.00689. The smallest absolute Gasteiger partial charge is 0.251 e. The summed E-state index contributed by atoms with van der Waals surface area (Å²) in [6.07, 6.45) is 0.893. The third kappa shape index (κ3) is 5.92. The van der Waals surface area contributed by atoms with Gasteiger partial charge in [0.15, 0.2) is 0 Å². The molecular formula is C21H27N3O2. The zero-order valence-corrected chi connectivity index (χ0v) is 15.7. The van der Waals surface area contributed by atoms with E-state index in [2.05, 4.69) is 10.6 Å². The van der Waals surface area contributed by atoms with E-state index in [0.717, 1.165) is 17.7 Å². The first-order chi connectivity index (χ1) is 12.5. The van der Waals surface area contributed by atoms with E-state index in [1.807, 2.05) is 56.3 Å². The van der Waals surface area contributed by atoms with Crippen LogP contribution in [0.1, 0.15) is 36.2 Å². The molecule has 2 N–H and O–H groups in total. The van der Waals surface area contributed by atoms with Crippen molar-refractivity contribution in [3.05, 3.63) is 65.7 Å². The van der Waals surface area contributed by atoms with Gasteiger partial charge in [-0.1, -0.05) is 37.3 Å². The lowest BCUT2D eigenvalue weighted by molar-refractivity contribution is -0.128. The average Bonchev–Trinajstić information content (AvgIpc) is 2.67. The van der Waals surface area contributed by atoms with Crippen molar-refractivity contribution >= 4 is 17.5 Å². The van der Waals surface area contributed by atoms with Crippen molar-refractivity contribution in [2.75, 3.05) is 18.9 Å². The minimum atomic E-state index is -0.0791. The predicted octanol–water partition coefficient (Wildman–Crippen LogP) is 3.29. The highest BCUT2D eigenvalue weighted by Gasteiger charge is 2.10. The van der Waals surface area contributed by atoms with Gasteiger partial charge in [-0.2, -0.15) is 0 Å². The van der Waals surface area contributed by atoms with Gasteiger partial charge in [0, 0.05) is 30.9 Å². The average molecular weight is 353 g/mol. The first kappa shape index (κ1) is 19.5. The molecule has 2 amide bonds. The summed E-state index contributed by atoms with van der Waals surface area (Å²) in [6, 6.07) is 17.2. The van der Waals surface area contributed by atoms with Gasteiger partial charge in [0.25, 0.3) is 5.91 Å². The van der Waals surface area contributed by atoms with E-state index in [9.17, 15) is 9.59 Å². The number of anilines is 1. The summed E-state index contributed by atoms with van der Waals surface area (Å²) >= 11 is 0. The summed E-state index contributed by atoms with van der Waals surface area (Å²) in [6.45, 7) is 4.80. The zero-order chi connectivity index (χ0) is 18.9. The van der Waals surface area contributed by atoms with Crippen molar-refractivity contribution in [3.63, 3.8) is 0 Å². The van der Waals surface area contributed by atoms with E-state index in [0.29, 0.717) is 12.1 Å². The standard InChI is InChI=1S/C21H27N3O2/c1-4-16(2)23-21(26)18-10-12-19(13-11-18)22-14-20(25)24(3)15-17-8-6-5-7-9-17/h5-13,16,22H,4,14-15H2,1-3H3,(H,23,26). The van der Waals surface area contributed by atoms with Gasteiger partial charge in [-0.3, -0.25) is 9.59 Å². The number of hydrogen-bond acceptors (Lipinski definition) is 3. The second kappa shape index (κ2) is 9.61. The number of nitrogens with one attached hydrogen (secondary N) is 2. The van der Waals surface area contributed by atoms with E-state index in [-0.39, 0.29) is 24.4 Å². The van der Waals surface area contributed by atoms with Crippen molar-refractivity contribution in [1.82, 2.24) is 10.2 Å². The van der Waals surface area contributed by atoms with Crippen molar-refractivity contribution < 1.29 is 9.59 Å². The summed E-state index contributed by atoms with van der Waals surface area (Å²) in [4.78, 5) is 26.0. The van der Waals surface area contributed by atoms with Gasteiger partial charge in [-0.05, 0) is 43.2 Å². The number of amides is 2. The molecule has 0 fully saturated rings. The van der Waals surface area contributed by atoms with Crippen LogP contribution in [0, 0.1) is 0 Å². The molecule has 0 spiro atoms.